The van der Waals surface area contributed by atoms with Crippen LogP contribution in [0.2, 0.25) is 0 Å². The van der Waals surface area contributed by atoms with E-state index in [9.17, 15) is 4.79 Å². The third-order valence-corrected chi connectivity index (χ3v) is 7.19. The van der Waals surface area contributed by atoms with Gasteiger partial charge in [0.25, 0.3) is 11.9 Å². The molecule has 1 amide bonds. The van der Waals surface area contributed by atoms with Crippen LogP contribution in [0.5, 0.6) is 5.75 Å². The highest BCUT2D eigenvalue weighted by molar-refractivity contribution is 5.99. The van der Waals surface area contributed by atoms with Gasteiger partial charge in [-0.15, -0.1) is 0 Å². The van der Waals surface area contributed by atoms with Crippen molar-refractivity contribution in [2.45, 2.75) is 45.6 Å². The van der Waals surface area contributed by atoms with Crippen LogP contribution in [0, 0.1) is 18.8 Å². The Morgan fingerprint density at radius 3 is 2.71 bits per heavy atom. The number of nitrogens with zero attached hydrogens (tertiary/aromatic N) is 2. The number of hydrogen-bond acceptors (Lipinski definition) is 6. The van der Waals surface area contributed by atoms with Crippen molar-refractivity contribution in [3.8, 4) is 5.75 Å². The molecule has 2 aromatic carbocycles. The minimum absolute atomic E-state index is 0.0290. The predicted octanol–water partition coefficient (Wildman–Crippen LogP) is 5.43. The van der Waals surface area contributed by atoms with Crippen LogP contribution in [0.15, 0.2) is 40.8 Å². The number of anilines is 1. The van der Waals surface area contributed by atoms with Gasteiger partial charge in [-0.05, 0) is 49.8 Å². The van der Waals surface area contributed by atoms with Gasteiger partial charge in [0.05, 0.1) is 13.7 Å². The molecule has 1 aliphatic carbocycles. The van der Waals surface area contributed by atoms with E-state index < -0.39 is 0 Å². The number of aryl methyl sites for hydroxylation is 1. The molecule has 1 aromatic heterocycles. The Morgan fingerprint density at radius 1 is 1.14 bits per heavy atom. The van der Waals surface area contributed by atoms with Crippen LogP contribution in [0.4, 0.5) is 6.01 Å². The summed E-state index contributed by atoms with van der Waals surface area (Å²) in [5, 5.41) is 3.25. The predicted molar refractivity (Wildman–Crippen MR) is 136 cm³/mol. The van der Waals surface area contributed by atoms with E-state index in [2.05, 4.69) is 35.4 Å². The van der Waals surface area contributed by atoms with Gasteiger partial charge in [0.2, 0.25) is 0 Å². The first-order chi connectivity index (χ1) is 17.1. The molecule has 1 saturated carbocycles. The number of hydrogen-bond donors (Lipinski definition) is 1. The lowest BCUT2D eigenvalue weighted by atomic mass is 10.0. The van der Waals surface area contributed by atoms with Gasteiger partial charge in [-0.2, -0.15) is 4.98 Å². The third kappa shape index (κ3) is 5.61. The highest BCUT2D eigenvalue weighted by Crippen LogP contribution is 2.32. The van der Waals surface area contributed by atoms with Crippen LogP contribution in [0.3, 0.4) is 0 Å². The summed E-state index contributed by atoms with van der Waals surface area (Å²) in [5.41, 5.74) is 4.10. The molecule has 7 nitrogen and oxygen atoms in total. The second-order valence-electron chi connectivity index (χ2n) is 9.98. The number of carbonyl (C=O) groups is 1. The van der Waals surface area contributed by atoms with Gasteiger partial charge in [0.15, 0.2) is 11.3 Å². The third-order valence-electron chi connectivity index (χ3n) is 7.19. The Morgan fingerprint density at radius 2 is 1.97 bits per heavy atom. The first-order valence-corrected chi connectivity index (χ1v) is 12.7. The van der Waals surface area contributed by atoms with Crippen LogP contribution in [-0.2, 0) is 11.3 Å². The number of benzene rings is 2. The average molecular weight is 478 g/mol. The van der Waals surface area contributed by atoms with Gasteiger partial charge in [-0.3, -0.25) is 4.79 Å². The lowest BCUT2D eigenvalue weighted by Gasteiger charge is -2.28. The normalized spacial score (nSPS) is 18.3. The standard InChI is InChI=1S/C28H35N3O4/c1-19-6-5-9-21(12-19)15-29-28-30-24-13-23(14-25(33-2)26(24)35-28)27(32)31(16-20-7-3-4-8-20)17-22-10-11-34-18-22/h5-6,9,12-14,20,22H,3-4,7-8,10-11,15-18H2,1-2H3,(H,29,30). The fourth-order valence-electron chi connectivity index (χ4n) is 5.32. The van der Waals surface area contributed by atoms with E-state index in [0.29, 0.717) is 46.8 Å². The van der Waals surface area contributed by atoms with E-state index in [0.717, 1.165) is 38.3 Å². The number of nitrogens with one attached hydrogen (secondary N) is 1. The number of aromatic nitrogens is 1. The number of methoxy groups -OCH3 is 1. The van der Waals surface area contributed by atoms with Crippen LogP contribution in [0.25, 0.3) is 11.1 Å². The molecule has 1 saturated heterocycles. The number of fused-ring (bicyclic) bond motifs is 1. The summed E-state index contributed by atoms with van der Waals surface area (Å²) in [6.07, 6.45) is 5.93. The zero-order chi connectivity index (χ0) is 24.2. The summed E-state index contributed by atoms with van der Waals surface area (Å²) < 4.78 is 17.2. The quantitative estimate of drug-likeness (QED) is 0.443. The molecule has 7 heteroatoms. The van der Waals surface area contributed by atoms with Gasteiger partial charge in [-0.1, -0.05) is 42.7 Å². The van der Waals surface area contributed by atoms with Crippen molar-refractivity contribution in [2.24, 2.45) is 11.8 Å². The average Bonchev–Trinajstić information content (AvgIpc) is 3.63. The van der Waals surface area contributed by atoms with E-state index in [-0.39, 0.29) is 5.91 Å². The largest absolute Gasteiger partial charge is 0.493 e. The number of ether oxygens (including phenoxy) is 2. The summed E-state index contributed by atoms with van der Waals surface area (Å²) in [7, 11) is 1.59. The van der Waals surface area contributed by atoms with E-state index in [1.807, 2.05) is 17.0 Å². The molecule has 0 spiro atoms. The summed E-state index contributed by atoms with van der Waals surface area (Å²) in [5.74, 6) is 1.53. The molecule has 3 aromatic rings. The monoisotopic (exact) mass is 477 g/mol. The first kappa shape index (κ1) is 23.7. The highest BCUT2D eigenvalue weighted by Gasteiger charge is 2.28. The van der Waals surface area contributed by atoms with E-state index in [1.54, 1.807) is 13.2 Å². The van der Waals surface area contributed by atoms with Crippen molar-refractivity contribution in [1.29, 1.82) is 0 Å². The molecule has 1 N–H and O–H groups in total. The van der Waals surface area contributed by atoms with Crippen molar-refractivity contribution in [1.82, 2.24) is 9.88 Å². The molecule has 35 heavy (non-hydrogen) atoms. The molecule has 5 rings (SSSR count). The van der Waals surface area contributed by atoms with Gasteiger partial charge >= 0.3 is 0 Å². The van der Waals surface area contributed by atoms with Crippen molar-refractivity contribution >= 4 is 23.0 Å². The second-order valence-corrected chi connectivity index (χ2v) is 9.98. The Kier molecular flexibility index (Phi) is 7.23. The van der Waals surface area contributed by atoms with Crippen molar-refractivity contribution in [3.05, 3.63) is 53.1 Å². The minimum Gasteiger partial charge on any atom is -0.493 e. The SMILES string of the molecule is COc1cc(C(=O)N(CC2CCCC2)CC2CCOC2)cc2nc(NCc3cccc(C)c3)oc12. The Bertz CT molecular complexity index is 1140. The zero-order valence-corrected chi connectivity index (χ0v) is 20.7. The lowest BCUT2D eigenvalue weighted by Crippen LogP contribution is -2.38. The fraction of sp³-hybridized carbons (Fsp3) is 0.500. The maximum Gasteiger partial charge on any atom is 0.296 e. The fourth-order valence-corrected chi connectivity index (χ4v) is 5.32. The zero-order valence-electron chi connectivity index (χ0n) is 20.7. The molecule has 2 heterocycles. The molecular formula is C28H35N3O4. The highest BCUT2D eigenvalue weighted by atomic mass is 16.5. The van der Waals surface area contributed by atoms with Gasteiger partial charge in [0, 0.05) is 37.7 Å². The number of amides is 1. The molecule has 1 unspecified atom stereocenters. The second kappa shape index (κ2) is 10.7. The molecule has 0 radical (unpaired) electrons. The number of rotatable bonds is 9. The van der Waals surface area contributed by atoms with Crippen molar-refractivity contribution < 1.29 is 18.7 Å². The molecule has 1 atom stereocenters. The molecule has 1 aliphatic heterocycles. The smallest absolute Gasteiger partial charge is 0.296 e. The number of carbonyl (C=O) groups excluding carboxylic acids is 1. The van der Waals surface area contributed by atoms with Crippen LogP contribution >= 0.6 is 0 Å². The topological polar surface area (TPSA) is 76.8 Å². The van der Waals surface area contributed by atoms with E-state index >= 15 is 0 Å². The molecule has 0 bridgehead atoms. The summed E-state index contributed by atoms with van der Waals surface area (Å²) in [6, 6.07) is 12.3. The Hall–Kier alpha value is -3.06. The summed E-state index contributed by atoms with van der Waals surface area (Å²) >= 11 is 0. The lowest BCUT2D eigenvalue weighted by molar-refractivity contribution is 0.0690. The molecule has 2 fully saturated rings. The molecule has 186 valence electrons. The van der Waals surface area contributed by atoms with Crippen molar-refractivity contribution in [2.75, 3.05) is 38.7 Å². The summed E-state index contributed by atoms with van der Waals surface area (Å²) in [6.45, 7) is 5.72. The first-order valence-electron chi connectivity index (χ1n) is 12.7. The minimum atomic E-state index is 0.0290. The van der Waals surface area contributed by atoms with E-state index in [1.165, 1.54) is 31.2 Å². The summed E-state index contributed by atoms with van der Waals surface area (Å²) in [4.78, 5) is 20.4. The van der Waals surface area contributed by atoms with Gasteiger partial charge in [-0.25, -0.2) is 0 Å². The van der Waals surface area contributed by atoms with Crippen LogP contribution in [-0.4, -0.2) is 49.2 Å². The molecular weight excluding hydrogens is 442 g/mol. The van der Waals surface area contributed by atoms with Crippen LogP contribution in [0.1, 0.15) is 53.6 Å². The van der Waals surface area contributed by atoms with Crippen molar-refractivity contribution in [3.63, 3.8) is 0 Å². The maximum atomic E-state index is 13.7. The Balaban J connectivity index is 1.37. The van der Waals surface area contributed by atoms with Crippen LogP contribution < -0.4 is 10.1 Å². The number of oxazole rings is 1. The van der Waals surface area contributed by atoms with E-state index in [4.69, 9.17) is 13.9 Å². The van der Waals surface area contributed by atoms with Gasteiger partial charge in [0.1, 0.15) is 5.52 Å². The maximum absolute atomic E-state index is 13.7. The Labute approximate surface area is 206 Å². The van der Waals surface area contributed by atoms with Gasteiger partial charge < -0.3 is 24.1 Å². The molecule has 2 aliphatic rings.